The van der Waals surface area contributed by atoms with Crippen molar-refractivity contribution in [3.8, 4) is 11.8 Å². The first-order valence-corrected chi connectivity index (χ1v) is 6.38. The Morgan fingerprint density at radius 3 is 3.05 bits per heavy atom. The van der Waals surface area contributed by atoms with Crippen LogP contribution in [0.1, 0.15) is 5.56 Å². The number of hydrogen-bond acceptors (Lipinski definition) is 5. The number of nitrogens with zero attached hydrogens (tertiary/aromatic N) is 1. The van der Waals surface area contributed by atoms with Gasteiger partial charge in [-0.05, 0) is 6.07 Å². The van der Waals surface area contributed by atoms with E-state index in [0.717, 1.165) is 17.9 Å². The van der Waals surface area contributed by atoms with Crippen molar-refractivity contribution in [2.45, 2.75) is 12.6 Å². The maximum atomic E-state index is 8.54. The smallest absolute Gasteiger partial charge is 0.174 e. The van der Waals surface area contributed by atoms with Gasteiger partial charge in [-0.2, -0.15) is 5.26 Å². The van der Waals surface area contributed by atoms with E-state index in [1.807, 2.05) is 30.3 Å². The normalized spacial score (nSPS) is 18.8. The summed E-state index contributed by atoms with van der Waals surface area (Å²) in [5, 5.41) is 11.9. The minimum absolute atomic E-state index is 0.0661. The van der Waals surface area contributed by atoms with Crippen LogP contribution in [0.3, 0.4) is 0 Å². The molecule has 1 heterocycles. The number of ether oxygens (including phenoxy) is 3. The van der Waals surface area contributed by atoms with Gasteiger partial charge in [0.2, 0.25) is 0 Å². The lowest BCUT2D eigenvalue weighted by molar-refractivity contribution is -0.0864. The third-order valence-electron chi connectivity index (χ3n) is 2.84. The minimum Gasteiger partial charge on any atom is -0.478 e. The molecule has 1 atom stereocenters. The standard InChI is InChI=1S/C14H18N2O3/c15-5-6-19-14-4-2-1-3-12(14)9-16-10-13-11-17-7-8-18-13/h1-4,13,16H,6-11H2. The van der Waals surface area contributed by atoms with Gasteiger partial charge in [0.1, 0.15) is 11.8 Å². The molecule has 1 saturated heterocycles. The average Bonchev–Trinajstić information content (AvgIpc) is 2.47. The zero-order chi connectivity index (χ0) is 13.3. The number of nitriles is 1. The second-order valence-electron chi connectivity index (χ2n) is 4.25. The molecule has 5 nitrogen and oxygen atoms in total. The van der Waals surface area contributed by atoms with E-state index in [4.69, 9.17) is 19.5 Å². The summed E-state index contributed by atoms with van der Waals surface area (Å²) >= 11 is 0. The van der Waals surface area contributed by atoms with E-state index in [2.05, 4.69) is 5.32 Å². The molecular formula is C14H18N2O3. The van der Waals surface area contributed by atoms with Crippen molar-refractivity contribution < 1.29 is 14.2 Å². The predicted octanol–water partition coefficient (Wildman–Crippen LogP) is 1.09. The molecule has 1 N–H and O–H groups in total. The maximum Gasteiger partial charge on any atom is 0.174 e. The Balaban J connectivity index is 1.79. The maximum absolute atomic E-state index is 8.54. The summed E-state index contributed by atoms with van der Waals surface area (Å²) in [5.41, 5.74) is 1.04. The van der Waals surface area contributed by atoms with Gasteiger partial charge >= 0.3 is 0 Å². The number of nitrogens with one attached hydrogen (secondary N) is 1. The number of hydrogen-bond donors (Lipinski definition) is 1. The number of para-hydroxylation sites is 1. The van der Waals surface area contributed by atoms with Gasteiger partial charge in [0, 0.05) is 18.7 Å². The lowest BCUT2D eigenvalue weighted by atomic mass is 10.2. The summed E-state index contributed by atoms with van der Waals surface area (Å²) in [6.07, 6.45) is 0.112. The summed E-state index contributed by atoms with van der Waals surface area (Å²) in [6.45, 7) is 3.47. The molecule has 1 fully saturated rings. The number of benzene rings is 1. The van der Waals surface area contributed by atoms with E-state index in [-0.39, 0.29) is 12.7 Å². The van der Waals surface area contributed by atoms with Gasteiger partial charge in [-0.3, -0.25) is 0 Å². The van der Waals surface area contributed by atoms with Crippen LogP contribution in [0.15, 0.2) is 24.3 Å². The van der Waals surface area contributed by atoms with Crippen molar-refractivity contribution in [2.75, 3.05) is 33.0 Å². The van der Waals surface area contributed by atoms with Gasteiger partial charge in [-0.15, -0.1) is 0 Å². The first kappa shape index (κ1) is 13.8. The molecule has 102 valence electrons. The van der Waals surface area contributed by atoms with Crippen LogP contribution in [0.2, 0.25) is 0 Å². The minimum atomic E-state index is 0.0661. The van der Waals surface area contributed by atoms with Gasteiger partial charge in [0.15, 0.2) is 6.61 Å². The SMILES string of the molecule is N#CCOc1ccccc1CNCC1COCCO1. The molecule has 1 aliphatic rings. The van der Waals surface area contributed by atoms with Crippen molar-refractivity contribution in [2.24, 2.45) is 0 Å². The summed E-state index contributed by atoms with van der Waals surface area (Å²) in [5.74, 6) is 0.748. The van der Waals surface area contributed by atoms with Gasteiger partial charge in [-0.1, -0.05) is 18.2 Å². The molecule has 0 saturated carbocycles. The van der Waals surface area contributed by atoms with E-state index < -0.39 is 0 Å². The lowest BCUT2D eigenvalue weighted by Crippen LogP contribution is -2.37. The zero-order valence-electron chi connectivity index (χ0n) is 10.8. The van der Waals surface area contributed by atoms with Crippen LogP contribution >= 0.6 is 0 Å². The van der Waals surface area contributed by atoms with Gasteiger partial charge < -0.3 is 19.5 Å². The van der Waals surface area contributed by atoms with E-state index in [9.17, 15) is 0 Å². The van der Waals surface area contributed by atoms with Crippen molar-refractivity contribution in [1.82, 2.24) is 5.32 Å². The highest BCUT2D eigenvalue weighted by Crippen LogP contribution is 2.17. The summed E-state index contributed by atoms with van der Waals surface area (Å²) in [6, 6.07) is 9.68. The molecule has 1 aromatic carbocycles. The molecule has 5 heteroatoms. The molecule has 0 bridgehead atoms. The summed E-state index contributed by atoms with van der Waals surface area (Å²) < 4.78 is 16.3. The zero-order valence-corrected chi connectivity index (χ0v) is 10.8. The first-order chi connectivity index (χ1) is 9.40. The molecule has 0 aliphatic carbocycles. The Morgan fingerprint density at radius 2 is 2.26 bits per heavy atom. The van der Waals surface area contributed by atoms with Crippen LogP contribution in [-0.2, 0) is 16.0 Å². The fraction of sp³-hybridized carbons (Fsp3) is 0.500. The Kier molecular flexibility index (Phi) is 5.63. The van der Waals surface area contributed by atoms with Crippen molar-refractivity contribution in [1.29, 1.82) is 5.26 Å². The van der Waals surface area contributed by atoms with Crippen LogP contribution in [0, 0.1) is 11.3 Å². The van der Waals surface area contributed by atoms with Gasteiger partial charge in [0.05, 0.1) is 25.9 Å². The van der Waals surface area contributed by atoms with Gasteiger partial charge in [0.25, 0.3) is 0 Å². The third kappa shape index (κ3) is 4.52. The van der Waals surface area contributed by atoms with Crippen LogP contribution in [0.25, 0.3) is 0 Å². The Bertz CT molecular complexity index is 425. The third-order valence-corrected chi connectivity index (χ3v) is 2.84. The van der Waals surface area contributed by atoms with Gasteiger partial charge in [-0.25, -0.2) is 0 Å². The van der Waals surface area contributed by atoms with Crippen molar-refractivity contribution in [3.63, 3.8) is 0 Å². The quantitative estimate of drug-likeness (QED) is 0.831. The molecular weight excluding hydrogens is 244 g/mol. The average molecular weight is 262 g/mol. The molecule has 2 rings (SSSR count). The molecule has 1 aromatic rings. The van der Waals surface area contributed by atoms with E-state index in [1.165, 1.54) is 0 Å². The Labute approximate surface area is 113 Å². The van der Waals surface area contributed by atoms with E-state index in [1.54, 1.807) is 0 Å². The lowest BCUT2D eigenvalue weighted by Gasteiger charge is -2.23. The fourth-order valence-corrected chi connectivity index (χ4v) is 1.92. The highest BCUT2D eigenvalue weighted by Gasteiger charge is 2.13. The van der Waals surface area contributed by atoms with Crippen molar-refractivity contribution >= 4 is 0 Å². The second kappa shape index (κ2) is 7.74. The first-order valence-electron chi connectivity index (χ1n) is 6.38. The molecule has 0 radical (unpaired) electrons. The van der Waals surface area contributed by atoms with E-state index in [0.29, 0.717) is 26.4 Å². The second-order valence-corrected chi connectivity index (χ2v) is 4.25. The van der Waals surface area contributed by atoms with Crippen molar-refractivity contribution in [3.05, 3.63) is 29.8 Å². The molecule has 1 aliphatic heterocycles. The highest BCUT2D eigenvalue weighted by atomic mass is 16.6. The van der Waals surface area contributed by atoms with Crippen LogP contribution < -0.4 is 10.1 Å². The largest absolute Gasteiger partial charge is 0.478 e. The summed E-state index contributed by atoms with van der Waals surface area (Å²) in [4.78, 5) is 0. The van der Waals surface area contributed by atoms with Crippen LogP contribution in [-0.4, -0.2) is 39.1 Å². The summed E-state index contributed by atoms with van der Waals surface area (Å²) in [7, 11) is 0. The Hall–Kier alpha value is -1.61. The predicted molar refractivity (Wildman–Crippen MR) is 69.8 cm³/mol. The molecule has 19 heavy (non-hydrogen) atoms. The highest BCUT2D eigenvalue weighted by molar-refractivity contribution is 5.33. The monoisotopic (exact) mass is 262 g/mol. The fourth-order valence-electron chi connectivity index (χ4n) is 1.92. The molecule has 0 aromatic heterocycles. The van der Waals surface area contributed by atoms with Crippen LogP contribution in [0.4, 0.5) is 0 Å². The molecule has 0 spiro atoms. The Morgan fingerprint density at radius 1 is 1.37 bits per heavy atom. The van der Waals surface area contributed by atoms with E-state index >= 15 is 0 Å². The van der Waals surface area contributed by atoms with Crippen LogP contribution in [0.5, 0.6) is 5.75 Å². The molecule has 1 unspecified atom stereocenters. The molecule has 0 amide bonds. The topological polar surface area (TPSA) is 63.5 Å². The number of rotatable bonds is 6.